The predicted octanol–water partition coefficient (Wildman–Crippen LogP) is 3.93. The van der Waals surface area contributed by atoms with Gasteiger partial charge in [0, 0.05) is 28.4 Å². The first-order chi connectivity index (χ1) is 18.3. The van der Waals surface area contributed by atoms with Gasteiger partial charge in [0.25, 0.3) is 5.91 Å². The van der Waals surface area contributed by atoms with Crippen molar-refractivity contribution in [2.24, 2.45) is 28.6 Å². The number of furan rings is 1. The van der Waals surface area contributed by atoms with Crippen LogP contribution in [0.15, 0.2) is 65.2 Å². The number of imide groups is 1. The number of cyclic esters (lactones) is 1. The van der Waals surface area contributed by atoms with Crippen LogP contribution in [0.5, 0.6) is 0 Å². The molecule has 1 aliphatic heterocycles. The number of carbonyl (C=O) groups is 4. The van der Waals surface area contributed by atoms with Gasteiger partial charge in [-0.15, -0.1) is 0 Å². The smallest absolute Gasteiger partial charge is 0.322 e. The van der Waals surface area contributed by atoms with Crippen molar-refractivity contribution in [3.05, 3.63) is 71.9 Å². The van der Waals surface area contributed by atoms with Crippen molar-refractivity contribution in [2.45, 2.75) is 44.8 Å². The molecule has 6 rings (SSSR count). The molecule has 0 bridgehead atoms. The maximum Gasteiger partial charge on any atom is 0.322 e. The van der Waals surface area contributed by atoms with E-state index in [0.717, 1.165) is 11.3 Å². The molecule has 4 aliphatic rings. The molecule has 0 unspecified atom stereocenters. The van der Waals surface area contributed by atoms with E-state index in [1.807, 2.05) is 6.92 Å². The lowest BCUT2D eigenvalue weighted by molar-refractivity contribution is -0.201. The van der Waals surface area contributed by atoms with Gasteiger partial charge in [0.05, 0.1) is 37.4 Å². The quantitative estimate of drug-likeness (QED) is 0.588. The fourth-order valence-electron chi connectivity index (χ4n) is 7.57. The molecule has 3 amide bonds. The molecule has 1 aromatic heterocycles. The summed E-state index contributed by atoms with van der Waals surface area (Å²) < 4.78 is 16.7. The number of benzene rings is 1. The highest BCUT2D eigenvalue weighted by Gasteiger charge is 2.70. The van der Waals surface area contributed by atoms with Crippen molar-refractivity contribution >= 4 is 23.7 Å². The second-order valence-corrected chi connectivity index (χ2v) is 11.1. The number of methoxy groups -OCH3 is 1. The number of esters is 1. The van der Waals surface area contributed by atoms with E-state index in [2.05, 4.69) is 16.7 Å². The molecular formula is C29H30N2O7. The van der Waals surface area contributed by atoms with Crippen molar-refractivity contribution in [3.8, 4) is 0 Å². The van der Waals surface area contributed by atoms with Gasteiger partial charge in [-0.25, -0.2) is 4.79 Å². The topological polar surface area (TPSA) is 124 Å². The number of rotatable bonds is 4. The average Bonchev–Trinajstić information content (AvgIpc) is 3.43. The van der Waals surface area contributed by atoms with E-state index in [4.69, 9.17) is 13.9 Å². The zero-order valence-corrected chi connectivity index (χ0v) is 21.3. The minimum Gasteiger partial charge on any atom is -0.501 e. The van der Waals surface area contributed by atoms with Crippen LogP contribution >= 0.6 is 0 Å². The summed E-state index contributed by atoms with van der Waals surface area (Å²) in [6, 6.07) is 8.61. The average molecular weight is 519 g/mol. The van der Waals surface area contributed by atoms with Crippen LogP contribution in [-0.4, -0.2) is 36.8 Å². The standard InChI is InChI=1S/C29H30N2O7/c1-28-13-21(17-9-11-37-15-17)38-26(34)18(28)8-10-29-14-22(36-2)19(29)12-20(23(32)24(28)29)30-27(35)31-25(33)16-6-4-3-5-7-16/h3-7,9,11,14-15,18-21,24H,8,10,12-13H2,1-2H3,(H2,30,31,33,35)/t18-,19-,20-,21-,24+,28-,29+/m0/s1. The van der Waals surface area contributed by atoms with Crippen LogP contribution < -0.4 is 10.6 Å². The normalized spacial score (nSPS) is 35.3. The Morgan fingerprint density at radius 3 is 2.61 bits per heavy atom. The van der Waals surface area contributed by atoms with Crippen molar-refractivity contribution in [2.75, 3.05) is 7.11 Å². The van der Waals surface area contributed by atoms with E-state index in [-0.39, 0.29) is 17.7 Å². The van der Waals surface area contributed by atoms with E-state index in [1.165, 1.54) is 6.26 Å². The van der Waals surface area contributed by atoms with Crippen molar-refractivity contribution in [1.82, 2.24) is 10.6 Å². The number of allylic oxidation sites excluding steroid dienone is 2. The Balaban J connectivity index is 1.30. The lowest BCUT2D eigenvalue weighted by Gasteiger charge is -2.65. The largest absolute Gasteiger partial charge is 0.501 e. The maximum absolute atomic E-state index is 14.2. The summed E-state index contributed by atoms with van der Waals surface area (Å²) in [6.07, 6.45) is 6.77. The van der Waals surface area contributed by atoms with Gasteiger partial charge in [0.15, 0.2) is 5.78 Å². The van der Waals surface area contributed by atoms with Gasteiger partial charge >= 0.3 is 12.0 Å². The fourth-order valence-corrected chi connectivity index (χ4v) is 7.57. The molecule has 2 aromatic rings. The zero-order valence-electron chi connectivity index (χ0n) is 21.3. The summed E-state index contributed by atoms with van der Waals surface area (Å²) in [4.78, 5) is 52.8. The van der Waals surface area contributed by atoms with Crippen LogP contribution in [0.2, 0.25) is 0 Å². The van der Waals surface area contributed by atoms with Crippen LogP contribution in [-0.2, 0) is 19.1 Å². The molecular weight excluding hydrogens is 488 g/mol. The molecule has 3 fully saturated rings. The zero-order chi connectivity index (χ0) is 26.7. The molecule has 38 heavy (non-hydrogen) atoms. The van der Waals surface area contributed by atoms with Gasteiger partial charge in [-0.2, -0.15) is 0 Å². The number of ketones is 1. The van der Waals surface area contributed by atoms with E-state index >= 15 is 0 Å². The van der Waals surface area contributed by atoms with E-state index in [1.54, 1.807) is 49.8 Å². The number of urea groups is 1. The predicted molar refractivity (Wildman–Crippen MR) is 133 cm³/mol. The minimum absolute atomic E-state index is 0.0755. The Kier molecular flexibility index (Phi) is 5.70. The van der Waals surface area contributed by atoms with Gasteiger partial charge in [-0.3, -0.25) is 19.7 Å². The number of carbonyl (C=O) groups excluding carboxylic acids is 4. The Bertz CT molecular complexity index is 1320. The third kappa shape index (κ3) is 3.59. The summed E-state index contributed by atoms with van der Waals surface area (Å²) >= 11 is 0. The van der Waals surface area contributed by atoms with Crippen LogP contribution in [0.1, 0.15) is 54.6 Å². The Hall–Kier alpha value is -3.88. The summed E-state index contributed by atoms with van der Waals surface area (Å²) in [7, 11) is 1.61. The number of amides is 3. The first kappa shape index (κ1) is 24.5. The Morgan fingerprint density at radius 2 is 1.89 bits per heavy atom. The number of fused-ring (bicyclic) bond motifs is 2. The second kappa shape index (κ2) is 8.85. The molecule has 2 N–H and O–H groups in total. The summed E-state index contributed by atoms with van der Waals surface area (Å²) in [5.74, 6) is -1.22. The minimum atomic E-state index is -0.832. The molecule has 2 heterocycles. The summed E-state index contributed by atoms with van der Waals surface area (Å²) in [5.41, 5.74) is -0.0422. The number of ether oxygens (including phenoxy) is 2. The lowest BCUT2D eigenvalue weighted by Crippen LogP contribution is -2.68. The SMILES string of the molecule is COC1=C[C@@]23CC[C@H]4C(=O)O[C@H](c5ccoc5)C[C@]4(C)[C@H]2C(=O)[C@@H](NC(=O)NC(=O)c2ccccc2)C[C@@H]13. The van der Waals surface area contributed by atoms with E-state index in [0.29, 0.717) is 31.2 Å². The molecule has 7 atom stereocenters. The van der Waals surface area contributed by atoms with Crippen LogP contribution in [0.3, 0.4) is 0 Å². The second-order valence-electron chi connectivity index (χ2n) is 11.1. The molecule has 9 heteroatoms. The van der Waals surface area contributed by atoms with Gasteiger partial charge in [0.2, 0.25) is 0 Å². The number of nitrogens with one attached hydrogen (secondary N) is 2. The third-order valence-electron chi connectivity index (χ3n) is 9.25. The van der Waals surface area contributed by atoms with E-state index in [9.17, 15) is 19.2 Å². The van der Waals surface area contributed by atoms with Crippen molar-refractivity contribution in [1.29, 1.82) is 0 Å². The highest BCUT2D eigenvalue weighted by atomic mass is 16.5. The van der Waals surface area contributed by atoms with Crippen LogP contribution in [0.4, 0.5) is 4.79 Å². The van der Waals surface area contributed by atoms with Gasteiger partial charge in [-0.1, -0.05) is 25.1 Å². The van der Waals surface area contributed by atoms with Gasteiger partial charge in [0.1, 0.15) is 6.10 Å². The van der Waals surface area contributed by atoms with E-state index < -0.39 is 46.7 Å². The molecule has 3 aliphatic carbocycles. The molecule has 1 saturated heterocycles. The van der Waals surface area contributed by atoms with Crippen LogP contribution in [0, 0.1) is 28.6 Å². The monoisotopic (exact) mass is 518 g/mol. The highest BCUT2D eigenvalue weighted by molar-refractivity contribution is 6.05. The lowest BCUT2D eigenvalue weighted by atomic mass is 9.39. The molecule has 198 valence electrons. The van der Waals surface area contributed by atoms with Crippen molar-refractivity contribution in [3.63, 3.8) is 0 Å². The van der Waals surface area contributed by atoms with Crippen molar-refractivity contribution < 1.29 is 33.1 Å². The molecule has 9 nitrogen and oxygen atoms in total. The van der Waals surface area contributed by atoms with Gasteiger partial charge < -0.3 is 19.2 Å². The molecule has 1 spiro atoms. The number of hydrogen-bond donors (Lipinski definition) is 2. The summed E-state index contributed by atoms with van der Waals surface area (Å²) in [6.45, 7) is 2.01. The first-order valence-electron chi connectivity index (χ1n) is 13.0. The fraction of sp³-hybridized carbons (Fsp3) is 0.448. The van der Waals surface area contributed by atoms with Gasteiger partial charge in [-0.05, 0) is 55.4 Å². The number of hydrogen-bond acceptors (Lipinski definition) is 7. The molecule has 0 radical (unpaired) electrons. The molecule has 1 aromatic carbocycles. The third-order valence-corrected chi connectivity index (χ3v) is 9.25. The van der Waals surface area contributed by atoms with Crippen LogP contribution in [0.25, 0.3) is 0 Å². The summed E-state index contributed by atoms with van der Waals surface area (Å²) in [5, 5.41) is 5.09. The first-order valence-corrected chi connectivity index (χ1v) is 13.0. The number of Topliss-reactive ketones (excluding diaryl/α,β-unsaturated/α-hetero) is 1. The highest BCUT2D eigenvalue weighted by Crippen LogP contribution is 2.69. The molecule has 2 saturated carbocycles. The Labute approximate surface area is 219 Å². The maximum atomic E-state index is 14.2. The Morgan fingerprint density at radius 1 is 1.11 bits per heavy atom.